The Morgan fingerprint density at radius 1 is 0.477 bits per heavy atom. The Morgan fingerprint density at radius 3 is 1.10 bits per heavy atom. The van der Waals surface area contributed by atoms with Crippen molar-refractivity contribution in [2.45, 2.75) is 201 Å². The number of rotatable bonds is 31. The number of nitrogens with two attached hydrogens (primary N) is 3. The Hall–Kier alpha value is -14.0. The van der Waals surface area contributed by atoms with Crippen LogP contribution in [0.1, 0.15) is 205 Å². The van der Waals surface area contributed by atoms with Gasteiger partial charge >= 0.3 is 60.7 Å². The first-order valence-electron chi connectivity index (χ1n) is 40.8. The van der Waals surface area contributed by atoms with E-state index >= 15 is 0 Å². The van der Waals surface area contributed by atoms with Gasteiger partial charge in [-0.05, 0) is 247 Å². The lowest BCUT2D eigenvalue weighted by atomic mass is 9.92. The smallest absolute Gasteiger partial charge is 0.478 e. The van der Waals surface area contributed by atoms with Crippen LogP contribution in [0.4, 0.5) is 39.2 Å². The molecule has 0 spiro atoms. The number of methoxy groups -OCH3 is 1. The van der Waals surface area contributed by atoms with Crippen molar-refractivity contribution in [2.24, 2.45) is 22.2 Å². The minimum absolute atomic E-state index is 0.0833. The third-order valence-electron chi connectivity index (χ3n) is 15.6. The number of amides is 10. The second-order valence-electron chi connectivity index (χ2n) is 32.7. The number of esters is 1. The van der Waals surface area contributed by atoms with Gasteiger partial charge in [0.1, 0.15) is 40.4 Å². The molecule has 718 valence electrons. The van der Waals surface area contributed by atoms with E-state index in [4.69, 9.17) is 79.5 Å². The zero-order chi connectivity index (χ0) is 98.3. The predicted octanol–water partition coefficient (Wildman–Crippen LogP) is 7.51. The van der Waals surface area contributed by atoms with E-state index in [-0.39, 0.29) is 52.3 Å². The van der Waals surface area contributed by atoms with Gasteiger partial charge < -0.3 is 122 Å². The molecule has 10 amide bonds. The van der Waals surface area contributed by atoms with Crippen molar-refractivity contribution in [3.63, 3.8) is 0 Å². The van der Waals surface area contributed by atoms with E-state index in [0.717, 1.165) is 63.6 Å². The molecule has 4 aromatic rings. The second kappa shape index (κ2) is 55.6. The topological polar surface area (TPSA) is 652 Å². The Bertz CT molecular complexity index is 4300. The number of nitrogens with one attached hydrogen (secondary N) is 10. The summed E-state index contributed by atoms with van der Waals surface area (Å²) < 4.78 is 57.3. The molecule has 5 atom stereocenters. The number of carboxylic acid groups (broad SMARTS) is 2. The van der Waals surface area contributed by atoms with Crippen LogP contribution >= 0.6 is 0 Å². The van der Waals surface area contributed by atoms with Gasteiger partial charge in [0.25, 0.3) is 29.3 Å². The Balaban J connectivity index is 0.000000621. The van der Waals surface area contributed by atoms with Gasteiger partial charge in [0.05, 0.1) is 35.2 Å². The maximum Gasteiger partial charge on any atom is 0.514 e. The largest absolute Gasteiger partial charge is 0.514 e. The SMILES string of the molecule is CC(C)(C)OC(=O)NCCCN.CC(C)(C)OC(=O)NCCCNC(=O)c1ccc(C(=O)NCCCNC(=O)OC(C)(C)C)cc1.COC(=O)C1=C[C@H](N=C(NC(=O)OC(C)(C)C)NC(=O)OC(C)(C)C)C(NC(C)=O)[C@H]([C@H](OC(=O)Oc2ccc([N+](=O)[O-])cc2)[C@H]2COC(=O)O2)O1.NCCCNC(=O)c1ccc(C(=O)NCCCN)cc1.O=C(O)c1ccc(C(=O)O)cc1. The predicted molar refractivity (Wildman–Crippen MR) is 468 cm³/mol. The highest BCUT2D eigenvalue weighted by Gasteiger charge is 2.51. The van der Waals surface area contributed by atoms with Crippen LogP contribution in [-0.4, -0.2) is 249 Å². The Morgan fingerprint density at radius 2 is 0.800 bits per heavy atom. The highest BCUT2D eigenvalue weighted by Crippen LogP contribution is 2.31. The quantitative estimate of drug-likeness (QED) is 0.00338. The molecular weight excluding hydrogens is 1710 g/mol. The molecule has 0 radical (unpaired) electrons. The van der Waals surface area contributed by atoms with Gasteiger partial charge in [0, 0.05) is 87.1 Å². The highest BCUT2D eigenvalue weighted by molar-refractivity contribution is 6.02. The summed E-state index contributed by atoms with van der Waals surface area (Å²) >= 11 is 0. The van der Waals surface area contributed by atoms with E-state index in [1.165, 1.54) is 24.3 Å². The van der Waals surface area contributed by atoms with Crippen LogP contribution in [0.2, 0.25) is 0 Å². The van der Waals surface area contributed by atoms with Crippen LogP contribution in [0, 0.1) is 10.1 Å². The fourth-order valence-electron chi connectivity index (χ4n) is 10.0. The number of benzene rings is 4. The minimum atomic E-state index is -1.74. The normalized spacial score (nSPS) is 14.4. The van der Waals surface area contributed by atoms with Crippen molar-refractivity contribution < 1.29 is 139 Å². The number of nitro groups is 1. The number of alkyl carbamates (subject to hydrolysis) is 5. The van der Waals surface area contributed by atoms with Crippen molar-refractivity contribution >= 4 is 102 Å². The lowest BCUT2D eigenvalue weighted by molar-refractivity contribution is -0.384. The third kappa shape index (κ3) is 48.7. The molecule has 45 nitrogen and oxygen atoms in total. The first-order valence-corrected chi connectivity index (χ1v) is 40.8. The number of carbonyl (C=O) groups is 15. The number of hydrogen-bond donors (Lipinski definition) is 15. The van der Waals surface area contributed by atoms with Crippen molar-refractivity contribution in [1.82, 2.24) is 53.2 Å². The zero-order valence-electron chi connectivity index (χ0n) is 76.0. The molecule has 0 aliphatic carbocycles. The average molecular weight is 1830 g/mol. The molecular formula is C85H123N15O30. The van der Waals surface area contributed by atoms with Crippen LogP contribution in [0.3, 0.4) is 0 Å². The number of non-ortho nitro benzene ring substituents is 1. The number of aromatic carboxylic acids is 2. The molecule has 1 saturated heterocycles. The zero-order valence-corrected chi connectivity index (χ0v) is 76.0. The third-order valence-corrected chi connectivity index (χ3v) is 15.6. The van der Waals surface area contributed by atoms with Gasteiger partial charge in [0.15, 0.2) is 18.3 Å². The number of carbonyl (C=O) groups excluding carboxylic acids is 13. The summed E-state index contributed by atoms with van der Waals surface area (Å²) in [7, 11) is 1.03. The van der Waals surface area contributed by atoms with E-state index in [0.29, 0.717) is 101 Å². The molecule has 2 aliphatic rings. The van der Waals surface area contributed by atoms with Crippen LogP contribution in [-0.2, 0) is 57.0 Å². The number of carboxylic acids is 2. The molecule has 0 aromatic heterocycles. The molecule has 2 heterocycles. The summed E-state index contributed by atoms with van der Waals surface area (Å²) in [6, 6.07) is 19.3. The van der Waals surface area contributed by atoms with Crippen LogP contribution in [0.15, 0.2) is 114 Å². The molecule has 1 fully saturated rings. The fraction of sp³-hybridized carbons (Fsp3) is 0.506. The Kier molecular flexibility index (Phi) is 47.9. The number of cyclic esters (lactones) is 2. The van der Waals surface area contributed by atoms with Crippen molar-refractivity contribution in [3.8, 4) is 5.75 Å². The van der Waals surface area contributed by atoms with Crippen molar-refractivity contribution in [1.29, 1.82) is 0 Å². The average Bonchev–Trinajstić information content (AvgIpc) is 1.16. The molecule has 0 bridgehead atoms. The minimum Gasteiger partial charge on any atom is -0.478 e. The number of nitro benzene ring substituents is 1. The first kappa shape index (κ1) is 112. The summed E-state index contributed by atoms with van der Waals surface area (Å²) in [6.45, 7) is 31.2. The van der Waals surface area contributed by atoms with Gasteiger partial charge in [-0.3, -0.25) is 44.7 Å². The van der Waals surface area contributed by atoms with Gasteiger partial charge in [-0.25, -0.2) is 52.9 Å². The van der Waals surface area contributed by atoms with E-state index in [1.807, 2.05) is 20.8 Å². The molecule has 130 heavy (non-hydrogen) atoms. The first-order chi connectivity index (χ1) is 60.6. The molecule has 18 N–H and O–H groups in total. The summed E-state index contributed by atoms with van der Waals surface area (Å²) in [5, 5.41) is 54.0. The lowest BCUT2D eigenvalue weighted by Gasteiger charge is -2.39. The van der Waals surface area contributed by atoms with E-state index < -0.39 is 142 Å². The van der Waals surface area contributed by atoms with Crippen molar-refractivity contribution in [2.75, 3.05) is 79.2 Å². The number of guanidine groups is 1. The molecule has 0 saturated carbocycles. The van der Waals surface area contributed by atoms with Gasteiger partial charge in [0.2, 0.25) is 17.6 Å². The summed E-state index contributed by atoms with van der Waals surface area (Å²) in [4.78, 5) is 194. The number of ether oxygens (including phenoxy) is 11. The fourth-order valence-corrected chi connectivity index (χ4v) is 10.0. The monoisotopic (exact) mass is 1830 g/mol. The van der Waals surface area contributed by atoms with Gasteiger partial charge in [-0.1, -0.05) is 0 Å². The number of nitrogens with zero attached hydrogens (tertiary/aromatic N) is 2. The van der Waals surface area contributed by atoms with E-state index in [9.17, 15) is 82.0 Å². The Labute approximate surface area is 752 Å². The lowest BCUT2D eigenvalue weighted by Crippen LogP contribution is -2.61. The van der Waals surface area contributed by atoms with E-state index in [1.54, 1.807) is 132 Å². The second-order valence-corrected chi connectivity index (χ2v) is 32.7. The van der Waals surface area contributed by atoms with Crippen molar-refractivity contribution in [3.05, 3.63) is 152 Å². The summed E-state index contributed by atoms with van der Waals surface area (Å²) in [6.07, 6.45) is -6.46. The highest BCUT2D eigenvalue weighted by atomic mass is 16.8. The number of aliphatic imine (C=N–C) groups is 1. The van der Waals surface area contributed by atoms with E-state index in [2.05, 4.69) is 58.2 Å². The molecule has 2 aliphatic heterocycles. The summed E-state index contributed by atoms with van der Waals surface area (Å²) in [5.74, 6) is -6.03. The van der Waals surface area contributed by atoms with Crippen LogP contribution < -0.4 is 75.1 Å². The van der Waals surface area contributed by atoms with Crippen LogP contribution in [0.25, 0.3) is 0 Å². The molecule has 4 aromatic carbocycles. The summed E-state index contributed by atoms with van der Waals surface area (Å²) in [5.41, 5.74) is 14.2. The molecule has 45 heteroatoms. The maximum atomic E-state index is 13.1. The maximum absolute atomic E-state index is 13.1. The molecule has 6 rings (SSSR count). The van der Waals surface area contributed by atoms with Gasteiger partial charge in [-0.2, -0.15) is 0 Å². The van der Waals surface area contributed by atoms with Crippen LogP contribution in [0.5, 0.6) is 5.75 Å². The van der Waals surface area contributed by atoms with Gasteiger partial charge in [-0.15, -0.1) is 0 Å². The standard InChI is InChI=1S/C31H39N5O16.C24H38N4O6.C14H22N4O2.C8H18N2O2.C8H6O4/c1-15(37)32-21-18(33-25(34-26(39)51-30(2,3)4)35-27(40)52-31(5,6)7)13-19(24(38)45-8)48-23(21)22(20-14-46-28(41)49-20)50-29(42)47-17-11-9-16(10-12-17)36(43)44;1-23(2,3)33-21(31)27-15-7-13-25-19(29)17-9-11-18(12-10-17)20(30)26-14-8-16-28-22(32)34-24(4,5)6;15-7-1-9-17-13(19)11-3-5-12(6-4-11)14(20)18-10-2-8-16;1-8(2,3)12-7(11)10-6-4-5-9;9-7(10)5-1-2-6(4-3-5)8(11)12/h9-13,18,20-23H,14H2,1-8H3,(H,32,37)(H2,33,34,35,39,40);9-12H,7-8,13-16H2,1-6H3,(H,25,29)(H,26,30)(H,27,31)(H,28,32);3-6H,1-2,7-10,15-16H2,(H,17,19)(H,18,20);4-6,9H2,1-3H3,(H,10,11);1-4H,(H,9,10)(H,11,12)/t18-,20+,21?,22+,23+;;;;/m0..../s1. The molecule has 1 unspecified atom stereocenters. The number of hydrogen-bond acceptors (Lipinski definition) is 32.